The van der Waals surface area contributed by atoms with Gasteiger partial charge >= 0.3 is 0 Å². The summed E-state index contributed by atoms with van der Waals surface area (Å²) in [6, 6.07) is 3.25. The second kappa shape index (κ2) is 7.31. The van der Waals surface area contributed by atoms with Gasteiger partial charge in [-0.15, -0.1) is 0 Å². The highest BCUT2D eigenvalue weighted by Crippen LogP contribution is 2.13. The summed E-state index contributed by atoms with van der Waals surface area (Å²) in [5.74, 6) is 0.616. The van der Waals surface area contributed by atoms with Gasteiger partial charge in [-0.2, -0.15) is 0 Å². The molecule has 0 aliphatic heterocycles. The minimum atomic E-state index is -0.741. The minimum Gasteiger partial charge on any atom is -0.467 e. The molecule has 0 radical (unpaired) electrons. The van der Waals surface area contributed by atoms with Crippen LogP contribution in [0, 0.1) is 0 Å². The molecule has 5 heteroatoms. The van der Waals surface area contributed by atoms with Crippen molar-refractivity contribution in [3.05, 3.63) is 24.2 Å². The van der Waals surface area contributed by atoms with Gasteiger partial charge in [0.15, 0.2) is 0 Å². The monoisotopic (exact) mass is 268 g/mol. The molecule has 0 fully saturated rings. The molecule has 1 aromatic heterocycles. The van der Waals surface area contributed by atoms with Crippen molar-refractivity contribution in [2.75, 3.05) is 6.54 Å². The van der Waals surface area contributed by atoms with Crippen molar-refractivity contribution in [1.29, 1.82) is 0 Å². The molecular weight excluding hydrogens is 244 g/mol. The molecule has 3 N–H and O–H groups in total. The van der Waals surface area contributed by atoms with Crippen molar-refractivity contribution in [3.63, 3.8) is 0 Å². The zero-order chi connectivity index (χ0) is 14.3. The lowest BCUT2D eigenvalue weighted by Gasteiger charge is -2.27. The zero-order valence-electron chi connectivity index (χ0n) is 11.9. The van der Waals surface area contributed by atoms with E-state index in [-0.39, 0.29) is 11.9 Å². The Balaban J connectivity index is 2.32. The van der Waals surface area contributed by atoms with Crippen LogP contribution in [0.4, 0.5) is 0 Å². The Morgan fingerprint density at radius 3 is 2.68 bits per heavy atom. The Kier molecular flexibility index (Phi) is 6.05. The summed E-state index contributed by atoms with van der Waals surface area (Å²) in [5, 5.41) is 16.0. The maximum absolute atomic E-state index is 11.8. The summed E-state index contributed by atoms with van der Waals surface area (Å²) in [4.78, 5) is 11.8. The van der Waals surface area contributed by atoms with E-state index in [1.807, 2.05) is 19.9 Å². The number of amides is 1. The van der Waals surface area contributed by atoms with Crippen molar-refractivity contribution in [2.24, 2.45) is 0 Å². The fourth-order valence-electron chi connectivity index (χ4n) is 1.68. The molecule has 1 amide bonds. The summed E-state index contributed by atoms with van der Waals surface area (Å²) < 4.78 is 5.14. The number of carbonyl (C=O) groups excluding carboxylic acids is 1. The predicted molar refractivity (Wildman–Crippen MR) is 73.6 cm³/mol. The molecule has 0 saturated carbocycles. The third-order valence-electron chi connectivity index (χ3n) is 3.46. The van der Waals surface area contributed by atoms with Crippen LogP contribution in [-0.2, 0) is 11.3 Å². The van der Waals surface area contributed by atoms with Crippen LogP contribution in [-0.4, -0.2) is 29.2 Å². The molecule has 0 aromatic carbocycles. The van der Waals surface area contributed by atoms with Crippen LogP contribution in [0.15, 0.2) is 22.8 Å². The molecule has 0 bridgehead atoms. The minimum absolute atomic E-state index is 0.106. The maximum Gasteiger partial charge on any atom is 0.237 e. The van der Waals surface area contributed by atoms with Gasteiger partial charge in [0.2, 0.25) is 5.91 Å². The molecule has 0 aliphatic rings. The number of hydrogen-bond donors (Lipinski definition) is 3. The molecule has 5 nitrogen and oxygen atoms in total. The number of rotatable bonds is 8. The van der Waals surface area contributed by atoms with Gasteiger partial charge in [0.25, 0.3) is 0 Å². The zero-order valence-corrected chi connectivity index (χ0v) is 11.9. The number of hydrogen-bond acceptors (Lipinski definition) is 4. The van der Waals surface area contributed by atoms with E-state index in [1.54, 1.807) is 19.3 Å². The number of aliphatic hydroxyl groups is 1. The van der Waals surface area contributed by atoms with E-state index in [0.29, 0.717) is 25.9 Å². The van der Waals surface area contributed by atoms with E-state index < -0.39 is 5.60 Å². The molecule has 1 aromatic rings. The predicted octanol–water partition coefficient (Wildman–Crippen LogP) is 1.42. The fraction of sp³-hybridized carbons (Fsp3) is 0.643. The van der Waals surface area contributed by atoms with Crippen molar-refractivity contribution in [1.82, 2.24) is 10.6 Å². The van der Waals surface area contributed by atoms with Gasteiger partial charge in [0, 0.05) is 6.54 Å². The first-order valence-electron chi connectivity index (χ1n) is 6.76. The van der Waals surface area contributed by atoms with Crippen molar-refractivity contribution < 1.29 is 14.3 Å². The summed E-state index contributed by atoms with van der Waals surface area (Å²) in [5.41, 5.74) is -0.741. The lowest BCUT2D eigenvalue weighted by Crippen LogP contribution is -2.48. The van der Waals surface area contributed by atoms with Gasteiger partial charge in [-0.3, -0.25) is 4.79 Å². The average Bonchev–Trinajstić information content (AvgIpc) is 2.95. The molecule has 1 rings (SSSR count). The van der Waals surface area contributed by atoms with Crippen molar-refractivity contribution in [3.8, 4) is 0 Å². The summed E-state index contributed by atoms with van der Waals surface area (Å²) in [7, 11) is 0. The van der Waals surface area contributed by atoms with Gasteiger partial charge in [0.05, 0.1) is 24.5 Å². The second-order valence-electron chi connectivity index (χ2n) is 4.83. The molecule has 0 aliphatic carbocycles. The van der Waals surface area contributed by atoms with Gasteiger partial charge < -0.3 is 20.2 Å². The topological polar surface area (TPSA) is 74.5 Å². The van der Waals surface area contributed by atoms with Crippen LogP contribution in [0.5, 0.6) is 0 Å². The molecule has 1 atom stereocenters. The highest BCUT2D eigenvalue weighted by molar-refractivity contribution is 5.81. The van der Waals surface area contributed by atoms with Crippen LogP contribution >= 0.6 is 0 Å². The van der Waals surface area contributed by atoms with Crippen LogP contribution in [0.3, 0.4) is 0 Å². The molecule has 108 valence electrons. The first-order valence-corrected chi connectivity index (χ1v) is 6.76. The van der Waals surface area contributed by atoms with Crippen molar-refractivity contribution in [2.45, 2.75) is 51.8 Å². The Morgan fingerprint density at radius 2 is 2.16 bits per heavy atom. The normalized spacial score (nSPS) is 13.3. The average molecular weight is 268 g/mol. The molecule has 0 saturated heterocycles. The van der Waals surface area contributed by atoms with Crippen LogP contribution in [0.2, 0.25) is 0 Å². The van der Waals surface area contributed by atoms with E-state index in [4.69, 9.17) is 4.42 Å². The second-order valence-corrected chi connectivity index (χ2v) is 4.83. The Morgan fingerprint density at radius 1 is 1.47 bits per heavy atom. The van der Waals surface area contributed by atoms with Crippen LogP contribution in [0.25, 0.3) is 0 Å². The van der Waals surface area contributed by atoms with E-state index in [1.165, 1.54) is 0 Å². The third-order valence-corrected chi connectivity index (χ3v) is 3.46. The van der Waals surface area contributed by atoms with Crippen LogP contribution < -0.4 is 10.6 Å². The largest absolute Gasteiger partial charge is 0.467 e. The van der Waals surface area contributed by atoms with Crippen molar-refractivity contribution >= 4 is 5.91 Å². The molecule has 1 heterocycles. The Bertz CT molecular complexity index is 372. The lowest BCUT2D eigenvalue weighted by molar-refractivity contribution is -0.123. The highest BCUT2D eigenvalue weighted by Gasteiger charge is 2.24. The Hall–Kier alpha value is -1.33. The van der Waals surface area contributed by atoms with Gasteiger partial charge in [0.1, 0.15) is 5.76 Å². The first-order chi connectivity index (χ1) is 9.00. The standard InChI is InChI=1S/C14H24N2O3/c1-4-14(18,5-2)10-16-11(3)13(17)15-9-12-7-6-8-19-12/h6-8,11,16,18H,4-5,9-10H2,1-3H3,(H,15,17). The lowest BCUT2D eigenvalue weighted by atomic mass is 9.97. The molecule has 0 spiro atoms. The van der Waals surface area contributed by atoms with E-state index in [0.717, 1.165) is 5.76 Å². The van der Waals surface area contributed by atoms with Gasteiger partial charge in [-0.1, -0.05) is 13.8 Å². The first kappa shape index (κ1) is 15.7. The quantitative estimate of drug-likeness (QED) is 0.666. The molecule has 19 heavy (non-hydrogen) atoms. The van der Waals surface area contributed by atoms with Crippen LogP contribution in [0.1, 0.15) is 39.4 Å². The SMILES string of the molecule is CCC(O)(CC)CNC(C)C(=O)NCc1ccco1. The van der Waals surface area contributed by atoms with Gasteiger partial charge in [-0.05, 0) is 31.9 Å². The molecule has 1 unspecified atom stereocenters. The van der Waals surface area contributed by atoms with E-state index in [9.17, 15) is 9.90 Å². The van der Waals surface area contributed by atoms with Gasteiger partial charge in [-0.25, -0.2) is 0 Å². The molecular formula is C14H24N2O3. The fourth-order valence-corrected chi connectivity index (χ4v) is 1.68. The highest BCUT2D eigenvalue weighted by atomic mass is 16.3. The smallest absolute Gasteiger partial charge is 0.237 e. The summed E-state index contributed by atoms with van der Waals surface area (Å²) in [6.45, 7) is 6.45. The third kappa shape index (κ3) is 5.04. The summed E-state index contributed by atoms with van der Waals surface area (Å²) >= 11 is 0. The van der Waals surface area contributed by atoms with E-state index >= 15 is 0 Å². The number of furan rings is 1. The Labute approximate surface area is 114 Å². The number of nitrogens with one attached hydrogen (secondary N) is 2. The number of carbonyl (C=O) groups is 1. The maximum atomic E-state index is 11.8. The van der Waals surface area contributed by atoms with E-state index in [2.05, 4.69) is 10.6 Å². The summed E-state index contributed by atoms with van der Waals surface area (Å²) in [6.07, 6.45) is 2.90.